The zero-order chi connectivity index (χ0) is 12.4. The molecule has 3 rings (SSSR count). The van der Waals surface area contributed by atoms with Crippen LogP contribution < -0.4 is 0 Å². The molecule has 0 bridgehead atoms. The van der Waals surface area contributed by atoms with Gasteiger partial charge in [-0.1, -0.05) is 6.58 Å². The van der Waals surface area contributed by atoms with Gasteiger partial charge in [-0.15, -0.1) is 0 Å². The summed E-state index contributed by atoms with van der Waals surface area (Å²) in [5.41, 5.74) is -0.293. The molecule has 2 aliphatic heterocycles. The molecule has 1 saturated carbocycles. The van der Waals surface area contributed by atoms with E-state index >= 15 is 0 Å². The SMILES string of the molecule is C=C1OC(C)(C)C2CC3C(=O)OC(=O)C3CC12. The second kappa shape index (κ2) is 3.12. The van der Waals surface area contributed by atoms with Crippen molar-refractivity contribution in [3.05, 3.63) is 12.3 Å². The lowest BCUT2D eigenvalue weighted by Crippen LogP contribution is -2.39. The molecule has 4 unspecified atom stereocenters. The number of esters is 2. The maximum absolute atomic E-state index is 11.6. The summed E-state index contributed by atoms with van der Waals surface area (Å²) in [4.78, 5) is 23.2. The Balaban J connectivity index is 1.93. The number of carbonyl (C=O) groups is 2. The number of allylic oxidation sites excluding steroid dienone is 1. The molecular weight excluding hydrogens is 220 g/mol. The van der Waals surface area contributed by atoms with E-state index in [1.807, 2.05) is 13.8 Å². The molecule has 0 aromatic heterocycles. The molecule has 0 N–H and O–H groups in total. The third kappa shape index (κ3) is 1.36. The van der Waals surface area contributed by atoms with Crippen LogP contribution in [0.3, 0.4) is 0 Å². The van der Waals surface area contributed by atoms with Crippen LogP contribution in [0.1, 0.15) is 26.7 Å². The molecule has 92 valence electrons. The van der Waals surface area contributed by atoms with Gasteiger partial charge in [-0.2, -0.15) is 0 Å². The van der Waals surface area contributed by atoms with Gasteiger partial charge in [0, 0.05) is 11.8 Å². The van der Waals surface area contributed by atoms with Crippen molar-refractivity contribution >= 4 is 11.9 Å². The van der Waals surface area contributed by atoms with Crippen molar-refractivity contribution in [3.8, 4) is 0 Å². The Kier molecular flexibility index (Phi) is 1.98. The van der Waals surface area contributed by atoms with Crippen molar-refractivity contribution in [3.63, 3.8) is 0 Å². The summed E-state index contributed by atoms with van der Waals surface area (Å²) >= 11 is 0. The molecule has 4 heteroatoms. The van der Waals surface area contributed by atoms with Gasteiger partial charge in [0.05, 0.1) is 17.6 Å². The molecule has 0 amide bonds. The van der Waals surface area contributed by atoms with Gasteiger partial charge in [-0.25, -0.2) is 0 Å². The number of hydrogen-bond acceptors (Lipinski definition) is 4. The second-order valence-electron chi connectivity index (χ2n) is 5.81. The number of hydrogen-bond donors (Lipinski definition) is 0. The average Bonchev–Trinajstić information content (AvgIpc) is 2.63. The van der Waals surface area contributed by atoms with Crippen molar-refractivity contribution in [2.45, 2.75) is 32.3 Å². The lowest BCUT2D eigenvalue weighted by molar-refractivity contribution is -0.153. The molecule has 0 radical (unpaired) electrons. The minimum absolute atomic E-state index is 0.185. The second-order valence-corrected chi connectivity index (χ2v) is 5.81. The van der Waals surface area contributed by atoms with Crippen LogP contribution in [0.4, 0.5) is 0 Å². The number of ether oxygens (including phenoxy) is 2. The fraction of sp³-hybridized carbons (Fsp3) is 0.692. The van der Waals surface area contributed by atoms with Gasteiger partial charge in [0.15, 0.2) is 0 Å². The smallest absolute Gasteiger partial charge is 0.317 e. The number of cyclic esters (lactones) is 2. The van der Waals surface area contributed by atoms with Crippen LogP contribution in [0.25, 0.3) is 0 Å². The van der Waals surface area contributed by atoms with E-state index in [2.05, 4.69) is 6.58 Å². The van der Waals surface area contributed by atoms with E-state index in [-0.39, 0.29) is 41.2 Å². The molecule has 0 spiro atoms. The third-order valence-electron chi connectivity index (χ3n) is 4.49. The van der Waals surface area contributed by atoms with Gasteiger partial charge in [-0.3, -0.25) is 9.59 Å². The van der Waals surface area contributed by atoms with Crippen molar-refractivity contribution < 1.29 is 19.1 Å². The van der Waals surface area contributed by atoms with E-state index < -0.39 is 0 Å². The largest absolute Gasteiger partial charge is 0.492 e. The fourth-order valence-electron chi connectivity index (χ4n) is 3.59. The summed E-state index contributed by atoms with van der Waals surface area (Å²) in [5, 5.41) is 0. The van der Waals surface area contributed by atoms with Crippen molar-refractivity contribution in [1.29, 1.82) is 0 Å². The van der Waals surface area contributed by atoms with E-state index in [4.69, 9.17) is 9.47 Å². The molecular formula is C13H16O4. The molecule has 0 aromatic carbocycles. The first-order valence-corrected chi connectivity index (χ1v) is 6.03. The third-order valence-corrected chi connectivity index (χ3v) is 4.49. The summed E-state index contributed by atoms with van der Waals surface area (Å²) in [6.07, 6.45) is 1.31. The number of fused-ring (bicyclic) bond motifs is 2. The Bertz CT molecular complexity index is 423. The van der Waals surface area contributed by atoms with Crippen LogP contribution in [0.5, 0.6) is 0 Å². The molecule has 2 saturated heterocycles. The van der Waals surface area contributed by atoms with Gasteiger partial charge >= 0.3 is 11.9 Å². The predicted molar refractivity (Wildman–Crippen MR) is 58.6 cm³/mol. The van der Waals surface area contributed by atoms with Gasteiger partial charge < -0.3 is 9.47 Å². The molecule has 17 heavy (non-hydrogen) atoms. The Morgan fingerprint density at radius 1 is 1.12 bits per heavy atom. The summed E-state index contributed by atoms with van der Waals surface area (Å²) in [6, 6.07) is 0. The highest BCUT2D eigenvalue weighted by molar-refractivity contribution is 5.96. The molecule has 2 heterocycles. The Morgan fingerprint density at radius 3 is 2.35 bits per heavy atom. The van der Waals surface area contributed by atoms with Gasteiger partial charge in [-0.05, 0) is 26.7 Å². The standard InChI is InChI=1S/C13H16O4/c1-6-7-4-8-9(12(15)16-11(8)14)5-10(7)13(2,3)17-6/h7-10H,1,4-5H2,2-3H3. The zero-order valence-corrected chi connectivity index (χ0v) is 10.1. The van der Waals surface area contributed by atoms with E-state index in [0.29, 0.717) is 12.8 Å². The highest BCUT2D eigenvalue weighted by atomic mass is 16.6. The van der Waals surface area contributed by atoms with E-state index in [1.165, 1.54) is 0 Å². The first-order chi connectivity index (χ1) is 7.90. The van der Waals surface area contributed by atoms with Crippen LogP contribution in [0.2, 0.25) is 0 Å². The lowest BCUT2D eigenvalue weighted by Gasteiger charge is -2.34. The minimum Gasteiger partial charge on any atom is -0.492 e. The van der Waals surface area contributed by atoms with Crippen LogP contribution >= 0.6 is 0 Å². The number of rotatable bonds is 0. The minimum atomic E-state index is -0.365. The highest BCUT2D eigenvalue weighted by Gasteiger charge is 2.58. The molecule has 3 fully saturated rings. The van der Waals surface area contributed by atoms with Gasteiger partial charge in [0.2, 0.25) is 0 Å². The monoisotopic (exact) mass is 236 g/mol. The Morgan fingerprint density at radius 2 is 1.71 bits per heavy atom. The van der Waals surface area contributed by atoms with E-state index in [1.54, 1.807) is 0 Å². The van der Waals surface area contributed by atoms with Crippen LogP contribution in [-0.4, -0.2) is 17.5 Å². The van der Waals surface area contributed by atoms with Gasteiger partial charge in [0.1, 0.15) is 5.60 Å². The molecule has 0 aromatic rings. The lowest BCUT2D eigenvalue weighted by atomic mass is 9.65. The molecule has 4 atom stereocenters. The van der Waals surface area contributed by atoms with Crippen LogP contribution in [-0.2, 0) is 19.1 Å². The zero-order valence-electron chi connectivity index (χ0n) is 10.1. The predicted octanol–water partition coefficient (Wildman–Crippen LogP) is 1.65. The van der Waals surface area contributed by atoms with Crippen molar-refractivity contribution in [2.24, 2.45) is 23.7 Å². The average molecular weight is 236 g/mol. The normalized spacial score (nSPS) is 42.8. The van der Waals surface area contributed by atoms with Crippen LogP contribution in [0.15, 0.2) is 12.3 Å². The van der Waals surface area contributed by atoms with Crippen LogP contribution in [0, 0.1) is 23.7 Å². The maximum atomic E-state index is 11.6. The quantitative estimate of drug-likeness (QED) is 0.474. The van der Waals surface area contributed by atoms with E-state index in [9.17, 15) is 9.59 Å². The molecule has 3 aliphatic rings. The Labute approximate surface area is 100.0 Å². The summed E-state index contributed by atoms with van der Waals surface area (Å²) < 4.78 is 10.5. The summed E-state index contributed by atoms with van der Waals surface area (Å²) in [7, 11) is 0. The van der Waals surface area contributed by atoms with Crippen molar-refractivity contribution in [1.82, 2.24) is 0 Å². The first-order valence-electron chi connectivity index (χ1n) is 6.03. The Hall–Kier alpha value is -1.32. The highest BCUT2D eigenvalue weighted by Crippen LogP contribution is 2.54. The topological polar surface area (TPSA) is 52.6 Å². The van der Waals surface area contributed by atoms with Crippen molar-refractivity contribution in [2.75, 3.05) is 0 Å². The number of carbonyl (C=O) groups excluding carboxylic acids is 2. The van der Waals surface area contributed by atoms with Gasteiger partial charge in [0.25, 0.3) is 0 Å². The first kappa shape index (κ1) is 10.8. The summed E-state index contributed by atoms with van der Waals surface area (Å²) in [6.45, 7) is 7.97. The van der Waals surface area contributed by atoms with E-state index in [0.717, 1.165) is 5.76 Å². The summed E-state index contributed by atoms with van der Waals surface area (Å²) in [5.74, 6) is -0.0664. The maximum Gasteiger partial charge on any atom is 0.317 e. The molecule has 4 nitrogen and oxygen atoms in total. The molecule has 1 aliphatic carbocycles. The fourth-order valence-corrected chi connectivity index (χ4v) is 3.59.